The van der Waals surface area contributed by atoms with Gasteiger partial charge in [-0.1, -0.05) is 19.1 Å². The molecule has 0 aliphatic heterocycles. The van der Waals surface area contributed by atoms with Crippen LogP contribution in [0.1, 0.15) is 31.4 Å². The Balaban J connectivity index is 3.12. The molecule has 17 heavy (non-hydrogen) atoms. The smallest absolute Gasteiger partial charge is 0.219 e. The standard InChI is InChI=1S/C13H19FN2O/c1-4-16-13(3,8-12(15)17)10-6-5-9(2)11(14)7-10/h5-7,16H,4,8H2,1-3H3,(H2,15,17). The van der Waals surface area contributed by atoms with E-state index in [1.165, 1.54) is 6.07 Å². The number of aryl methyl sites for hydroxylation is 1. The number of hydrogen-bond acceptors (Lipinski definition) is 2. The van der Waals surface area contributed by atoms with Crippen molar-refractivity contribution in [1.82, 2.24) is 5.32 Å². The minimum Gasteiger partial charge on any atom is -0.370 e. The van der Waals surface area contributed by atoms with Gasteiger partial charge in [-0.3, -0.25) is 4.79 Å². The first kappa shape index (κ1) is 13.6. The summed E-state index contributed by atoms with van der Waals surface area (Å²) < 4.78 is 13.5. The molecule has 0 aromatic heterocycles. The van der Waals surface area contributed by atoms with Crippen molar-refractivity contribution in [3.8, 4) is 0 Å². The van der Waals surface area contributed by atoms with Crippen LogP contribution in [0.3, 0.4) is 0 Å². The van der Waals surface area contributed by atoms with E-state index in [-0.39, 0.29) is 12.2 Å². The predicted octanol–water partition coefficient (Wildman–Crippen LogP) is 1.83. The summed E-state index contributed by atoms with van der Waals surface area (Å²) >= 11 is 0. The zero-order valence-electron chi connectivity index (χ0n) is 10.5. The molecule has 0 spiro atoms. The maximum Gasteiger partial charge on any atom is 0.219 e. The monoisotopic (exact) mass is 238 g/mol. The zero-order valence-corrected chi connectivity index (χ0v) is 10.5. The third-order valence-corrected chi connectivity index (χ3v) is 2.90. The van der Waals surface area contributed by atoms with Crippen LogP contribution in [0.15, 0.2) is 18.2 Å². The fraction of sp³-hybridized carbons (Fsp3) is 0.462. The van der Waals surface area contributed by atoms with Crippen LogP contribution in [-0.2, 0) is 10.3 Å². The van der Waals surface area contributed by atoms with Crippen molar-refractivity contribution < 1.29 is 9.18 Å². The van der Waals surface area contributed by atoms with E-state index in [9.17, 15) is 9.18 Å². The van der Waals surface area contributed by atoms with Gasteiger partial charge in [0.2, 0.25) is 5.91 Å². The highest BCUT2D eigenvalue weighted by molar-refractivity contribution is 5.75. The van der Waals surface area contributed by atoms with Gasteiger partial charge in [-0.2, -0.15) is 0 Å². The van der Waals surface area contributed by atoms with Crippen LogP contribution in [0, 0.1) is 12.7 Å². The van der Waals surface area contributed by atoms with Crippen molar-refractivity contribution in [2.45, 2.75) is 32.7 Å². The van der Waals surface area contributed by atoms with E-state index in [1.54, 1.807) is 13.0 Å². The number of benzene rings is 1. The normalized spacial score (nSPS) is 14.4. The Morgan fingerprint density at radius 2 is 2.18 bits per heavy atom. The third-order valence-electron chi connectivity index (χ3n) is 2.90. The molecule has 3 N–H and O–H groups in total. The maximum atomic E-state index is 13.5. The minimum atomic E-state index is -0.616. The summed E-state index contributed by atoms with van der Waals surface area (Å²) in [6, 6.07) is 4.99. The van der Waals surface area contributed by atoms with Gasteiger partial charge in [0.05, 0.1) is 0 Å². The molecule has 0 saturated heterocycles. The molecule has 1 unspecified atom stereocenters. The van der Waals surface area contributed by atoms with Crippen LogP contribution >= 0.6 is 0 Å². The van der Waals surface area contributed by atoms with Gasteiger partial charge < -0.3 is 11.1 Å². The average Bonchev–Trinajstić information content (AvgIpc) is 2.21. The Morgan fingerprint density at radius 1 is 1.53 bits per heavy atom. The lowest BCUT2D eigenvalue weighted by Gasteiger charge is -2.30. The first-order chi connectivity index (χ1) is 7.89. The number of primary amides is 1. The highest BCUT2D eigenvalue weighted by Gasteiger charge is 2.28. The number of rotatable bonds is 5. The highest BCUT2D eigenvalue weighted by atomic mass is 19.1. The Morgan fingerprint density at radius 3 is 2.65 bits per heavy atom. The van der Waals surface area contributed by atoms with Crippen molar-refractivity contribution in [2.24, 2.45) is 5.73 Å². The fourth-order valence-electron chi connectivity index (χ4n) is 1.94. The molecular weight excluding hydrogens is 219 g/mol. The second-order valence-electron chi connectivity index (χ2n) is 4.47. The Labute approximate surface area is 101 Å². The van der Waals surface area contributed by atoms with Gasteiger partial charge in [-0.15, -0.1) is 0 Å². The van der Waals surface area contributed by atoms with Crippen LogP contribution in [0.25, 0.3) is 0 Å². The third kappa shape index (κ3) is 3.27. The molecule has 1 amide bonds. The van der Waals surface area contributed by atoms with Gasteiger partial charge >= 0.3 is 0 Å². The average molecular weight is 238 g/mol. The maximum absolute atomic E-state index is 13.5. The number of halogens is 1. The lowest BCUT2D eigenvalue weighted by atomic mass is 9.87. The summed E-state index contributed by atoms with van der Waals surface area (Å²) in [7, 11) is 0. The van der Waals surface area contributed by atoms with Crippen LogP contribution in [0.5, 0.6) is 0 Å². The topological polar surface area (TPSA) is 55.1 Å². The quantitative estimate of drug-likeness (QED) is 0.822. The zero-order chi connectivity index (χ0) is 13.1. The molecule has 0 heterocycles. The van der Waals surface area contributed by atoms with Gasteiger partial charge in [0.25, 0.3) is 0 Å². The Kier molecular flexibility index (Phi) is 4.23. The summed E-state index contributed by atoms with van der Waals surface area (Å²) in [5.41, 5.74) is 5.95. The number of amides is 1. The minimum absolute atomic E-state index is 0.142. The van der Waals surface area contributed by atoms with E-state index in [2.05, 4.69) is 5.32 Å². The number of nitrogens with one attached hydrogen (secondary N) is 1. The van der Waals surface area contributed by atoms with Crippen molar-refractivity contribution >= 4 is 5.91 Å². The van der Waals surface area contributed by atoms with Gasteiger partial charge in [0.1, 0.15) is 5.82 Å². The lowest BCUT2D eigenvalue weighted by molar-refractivity contribution is -0.119. The summed E-state index contributed by atoms with van der Waals surface area (Å²) in [6.45, 7) is 6.17. The van der Waals surface area contributed by atoms with Crippen LogP contribution < -0.4 is 11.1 Å². The molecule has 1 aromatic rings. The van der Waals surface area contributed by atoms with Gasteiger partial charge in [0.15, 0.2) is 0 Å². The van der Waals surface area contributed by atoms with Crippen molar-refractivity contribution in [1.29, 1.82) is 0 Å². The van der Waals surface area contributed by atoms with Crippen LogP contribution in [0.2, 0.25) is 0 Å². The molecule has 3 nitrogen and oxygen atoms in total. The lowest BCUT2D eigenvalue weighted by Crippen LogP contribution is -2.42. The molecule has 0 radical (unpaired) electrons. The van der Waals surface area contributed by atoms with E-state index in [0.29, 0.717) is 12.1 Å². The molecule has 0 aliphatic rings. The number of carbonyl (C=O) groups excluding carboxylic acids is 1. The van der Waals surface area contributed by atoms with Gasteiger partial charge in [-0.05, 0) is 37.6 Å². The second-order valence-corrected chi connectivity index (χ2v) is 4.47. The first-order valence-corrected chi connectivity index (χ1v) is 5.69. The largest absolute Gasteiger partial charge is 0.370 e. The van der Waals surface area contributed by atoms with Gasteiger partial charge in [0, 0.05) is 12.0 Å². The molecule has 1 atom stereocenters. The molecule has 0 saturated carbocycles. The Hall–Kier alpha value is -1.42. The van der Waals surface area contributed by atoms with E-state index >= 15 is 0 Å². The first-order valence-electron chi connectivity index (χ1n) is 5.69. The summed E-state index contributed by atoms with van der Waals surface area (Å²) in [5.74, 6) is -0.675. The highest BCUT2D eigenvalue weighted by Crippen LogP contribution is 2.25. The number of carbonyl (C=O) groups is 1. The molecule has 4 heteroatoms. The van der Waals surface area contributed by atoms with E-state index < -0.39 is 11.4 Å². The Bertz CT molecular complexity index is 420. The number of hydrogen-bond donors (Lipinski definition) is 2. The molecular formula is C13H19FN2O. The molecule has 0 aliphatic carbocycles. The number of nitrogens with two attached hydrogens (primary N) is 1. The summed E-state index contributed by atoms with van der Waals surface area (Å²) in [6.07, 6.45) is 0.142. The van der Waals surface area contributed by atoms with Crippen molar-refractivity contribution in [3.05, 3.63) is 35.1 Å². The SMILES string of the molecule is CCNC(C)(CC(N)=O)c1ccc(C)c(F)c1. The van der Waals surface area contributed by atoms with Crippen molar-refractivity contribution in [3.63, 3.8) is 0 Å². The van der Waals surface area contributed by atoms with Crippen LogP contribution in [-0.4, -0.2) is 12.5 Å². The second kappa shape index (κ2) is 5.27. The van der Waals surface area contributed by atoms with E-state index in [4.69, 9.17) is 5.73 Å². The molecule has 1 aromatic carbocycles. The summed E-state index contributed by atoms with van der Waals surface area (Å²) in [4.78, 5) is 11.1. The van der Waals surface area contributed by atoms with E-state index in [1.807, 2.05) is 19.9 Å². The van der Waals surface area contributed by atoms with Crippen molar-refractivity contribution in [2.75, 3.05) is 6.54 Å². The summed E-state index contributed by atoms with van der Waals surface area (Å²) in [5, 5.41) is 3.19. The fourth-order valence-corrected chi connectivity index (χ4v) is 1.94. The molecule has 1 rings (SSSR count). The molecule has 0 bridgehead atoms. The van der Waals surface area contributed by atoms with E-state index in [0.717, 1.165) is 5.56 Å². The molecule has 94 valence electrons. The van der Waals surface area contributed by atoms with Crippen LogP contribution in [0.4, 0.5) is 4.39 Å². The predicted molar refractivity (Wildman–Crippen MR) is 66.0 cm³/mol. The van der Waals surface area contributed by atoms with Gasteiger partial charge in [-0.25, -0.2) is 4.39 Å². The molecule has 0 fully saturated rings.